The van der Waals surface area contributed by atoms with Crippen molar-refractivity contribution in [1.82, 2.24) is 4.57 Å². The molecule has 0 atom stereocenters. The number of hydrogen-bond donors (Lipinski definition) is 1. The van der Waals surface area contributed by atoms with Gasteiger partial charge in [0.15, 0.2) is 12.3 Å². The summed E-state index contributed by atoms with van der Waals surface area (Å²) >= 11 is 5.91. The molecule has 0 saturated carbocycles. The van der Waals surface area contributed by atoms with Gasteiger partial charge in [-0.1, -0.05) is 25.4 Å². The van der Waals surface area contributed by atoms with Gasteiger partial charge in [0, 0.05) is 11.1 Å². The van der Waals surface area contributed by atoms with Crippen molar-refractivity contribution in [2.24, 2.45) is 0 Å². The van der Waals surface area contributed by atoms with E-state index in [1.165, 1.54) is 4.90 Å². The first-order valence-electron chi connectivity index (χ1n) is 6.78. The summed E-state index contributed by atoms with van der Waals surface area (Å²) in [7, 11) is 0. The number of hydrogen-bond acceptors (Lipinski definition) is 2. The quantitative estimate of drug-likeness (QED) is 0.880. The Labute approximate surface area is 117 Å². The minimum atomic E-state index is -0.304. The first-order valence-corrected chi connectivity index (χ1v) is 7.16. The number of quaternary nitrogens is 1. The van der Waals surface area contributed by atoms with E-state index in [0.717, 1.165) is 31.4 Å². The lowest BCUT2D eigenvalue weighted by molar-refractivity contribution is -0.922. The molecule has 0 spiro atoms. The molecule has 0 aliphatic carbocycles. The summed E-state index contributed by atoms with van der Waals surface area (Å²) in [5.41, 5.74) is 1.38. The Balaban J connectivity index is 2.33. The van der Waals surface area contributed by atoms with Gasteiger partial charge in [0.25, 0.3) is 0 Å². The number of nitrogens with one attached hydrogen (secondary N) is 1. The molecular formula is C14H20ClN2O2+. The summed E-state index contributed by atoms with van der Waals surface area (Å²) in [6, 6.07) is 5.32. The van der Waals surface area contributed by atoms with E-state index in [4.69, 9.17) is 16.0 Å². The highest BCUT2D eigenvalue weighted by Crippen LogP contribution is 2.17. The molecule has 0 fully saturated rings. The van der Waals surface area contributed by atoms with Crippen molar-refractivity contribution < 1.29 is 9.32 Å². The van der Waals surface area contributed by atoms with E-state index in [0.29, 0.717) is 17.3 Å². The van der Waals surface area contributed by atoms with Gasteiger partial charge >= 0.3 is 5.76 Å². The Morgan fingerprint density at radius 1 is 1.26 bits per heavy atom. The van der Waals surface area contributed by atoms with Crippen LogP contribution in [0.25, 0.3) is 11.1 Å². The van der Waals surface area contributed by atoms with Crippen LogP contribution in [0.15, 0.2) is 27.4 Å². The predicted molar refractivity (Wildman–Crippen MR) is 76.8 cm³/mol. The van der Waals surface area contributed by atoms with Crippen LogP contribution in [0.1, 0.15) is 26.7 Å². The van der Waals surface area contributed by atoms with Crippen molar-refractivity contribution in [3.8, 4) is 0 Å². The smallest absolute Gasteiger partial charge is 0.408 e. The van der Waals surface area contributed by atoms with Crippen LogP contribution in [0.3, 0.4) is 0 Å². The Morgan fingerprint density at radius 3 is 2.58 bits per heavy atom. The van der Waals surface area contributed by atoms with Gasteiger partial charge in [0.2, 0.25) is 0 Å². The molecule has 0 amide bonds. The minimum absolute atomic E-state index is 0.304. The third-order valence-corrected chi connectivity index (χ3v) is 3.45. The van der Waals surface area contributed by atoms with Crippen LogP contribution >= 0.6 is 11.6 Å². The Hall–Kier alpha value is -1.26. The second-order valence-corrected chi connectivity index (χ2v) is 5.25. The van der Waals surface area contributed by atoms with E-state index in [1.807, 2.05) is 6.07 Å². The molecule has 0 unspecified atom stereocenters. The number of nitrogens with zero attached hydrogens (tertiary/aromatic N) is 1. The summed E-state index contributed by atoms with van der Waals surface area (Å²) in [6.45, 7) is 7.08. The number of oxazole rings is 1. The zero-order valence-electron chi connectivity index (χ0n) is 11.4. The molecule has 1 aromatic heterocycles. The summed E-state index contributed by atoms with van der Waals surface area (Å²) in [4.78, 5) is 13.3. The van der Waals surface area contributed by atoms with E-state index >= 15 is 0 Å². The van der Waals surface area contributed by atoms with Crippen LogP contribution in [0.4, 0.5) is 0 Å². The number of benzene rings is 1. The van der Waals surface area contributed by atoms with Gasteiger partial charge in [-0.2, -0.15) is 0 Å². The Morgan fingerprint density at radius 2 is 1.95 bits per heavy atom. The van der Waals surface area contributed by atoms with Crippen LogP contribution in [0, 0.1) is 0 Å². The average molecular weight is 284 g/mol. The minimum Gasteiger partial charge on any atom is -0.408 e. The van der Waals surface area contributed by atoms with Gasteiger partial charge in [0.1, 0.15) is 0 Å². The Bertz CT molecular complexity index is 597. The maximum Gasteiger partial charge on any atom is 0.424 e. The molecule has 104 valence electrons. The second kappa shape index (κ2) is 6.26. The van der Waals surface area contributed by atoms with Crippen LogP contribution in [0.2, 0.25) is 5.02 Å². The van der Waals surface area contributed by atoms with E-state index in [1.54, 1.807) is 16.7 Å². The molecule has 1 aromatic carbocycles. The highest BCUT2D eigenvalue weighted by Gasteiger charge is 2.14. The van der Waals surface area contributed by atoms with Gasteiger partial charge in [-0.15, -0.1) is 0 Å². The fourth-order valence-electron chi connectivity index (χ4n) is 2.40. The lowest BCUT2D eigenvalue weighted by Gasteiger charge is -2.18. The van der Waals surface area contributed by atoms with Crippen LogP contribution in [-0.4, -0.2) is 17.7 Å². The third kappa shape index (κ3) is 3.19. The molecule has 1 N–H and O–H groups in total. The van der Waals surface area contributed by atoms with E-state index in [9.17, 15) is 4.79 Å². The summed E-state index contributed by atoms with van der Waals surface area (Å²) in [5.74, 6) is -0.304. The van der Waals surface area contributed by atoms with E-state index in [-0.39, 0.29) is 5.76 Å². The summed E-state index contributed by atoms with van der Waals surface area (Å²) < 4.78 is 6.95. The maximum atomic E-state index is 11.9. The highest BCUT2D eigenvalue weighted by atomic mass is 35.5. The van der Waals surface area contributed by atoms with Crippen LogP contribution in [0.5, 0.6) is 0 Å². The predicted octanol–water partition coefficient (Wildman–Crippen LogP) is 1.91. The zero-order valence-corrected chi connectivity index (χ0v) is 12.2. The second-order valence-electron chi connectivity index (χ2n) is 4.82. The third-order valence-electron chi connectivity index (χ3n) is 3.22. The first-order chi connectivity index (χ1) is 9.15. The van der Waals surface area contributed by atoms with Crippen molar-refractivity contribution in [2.75, 3.05) is 13.1 Å². The van der Waals surface area contributed by atoms with Crippen molar-refractivity contribution in [2.45, 2.75) is 33.4 Å². The number of fused-ring (bicyclic) bond motifs is 1. The van der Waals surface area contributed by atoms with Crippen LogP contribution < -0.4 is 10.7 Å². The molecule has 19 heavy (non-hydrogen) atoms. The standard InChI is InChI=1S/C14H19ClN2O2/c1-3-7-16(8-4-2)10-17-12-6-5-11(15)9-13(12)19-14(17)18/h5-6,9H,3-4,7-8,10H2,1-2H3/p+1. The van der Waals surface area contributed by atoms with Gasteiger partial charge < -0.3 is 9.32 Å². The number of rotatable bonds is 6. The molecule has 0 aliphatic rings. The lowest BCUT2D eigenvalue weighted by atomic mass is 10.3. The fraction of sp³-hybridized carbons (Fsp3) is 0.500. The molecule has 2 aromatic rings. The van der Waals surface area contributed by atoms with Crippen molar-refractivity contribution in [3.05, 3.63) is 33.8 Å². The molecule has 5 heteroatoms. The molecule has 2 rings (SSSR count). The van der Waals surface area contributed by atoms with Gasteiger partial charge in [0.05, 0.1) is 18.6 Å². The number of aromatic nitrogens is 1. The van der Waals surface area contributed by atoms with E-state index < -0.39 is 0 Å². The molecule has 0 bridgehead atoms. The largest absolute Gasteiger partial charge is 0.424 e. The lowest BCUT2D eigenvalue weighted by Crippen LogP contribution is -3.11. The van der Waals surface area contributed by atoms with Gasteiger partial charge in [-0.3, -0.25) is 0 Å². The highest BCUT2D eigenvalue weighted by molar-refractivity contribution is 6.31. The SMILES string of the molecule is CCC[NH+](CCC)Cn1c(=O)oc2cc(Cl)ccc21. The first kappa shape index (κ1) is 14.2. The van der Waals surface area contributed by atoms with Crippen LogP contribution in [-0.2, 0) is 6.67 Å². The molecular weight excluding hydrogens is 264 g/mol. The molecule has 0 aliphatic heterocycles. The molecule has 1 heterocycles. The van der Waals surface area contributed by atoms with Crippen molar-refractivity contribution in [1.29, 1.82) is 0 Å². The normalized spacial score (nSPS) is 11.6. The maximum absolute atomic E-state index is 11.9. The van der Waals surface area contributed by atoms with Gasteiger partial charge in [-0.25, -0.2) is 9.36 Å². The fourth-order valence-corrected chi connectivity index (χ4v) is 2.57. The van der Waals surface area contributed by atoms with Crippen molar-refractivity contribution in [3.63, 3.8) is 0 Å². The zero-order chi connectivity index (χ0) is 13.8. The van der Waals surface area contributed by atoms with Crippen molar-refractivity contribution >= 4 is 22.7 Å². The van der Waals surface area contributed by atoms with Gasteiger partial charge in [-0.05, 0) is 25.0 Å². The summed E-state index contributed by atoms with van der Waals surface area (Å²) in [5, 5.41) is 0.583. The molecule has 4 nitrogen and oxygen atoms in total. The topological polar surface area (TPSA) is 39.6 Å². The average Bonchev–Trinajstić information content (AvgIpc) is 2.66. The molecule has 0 saturated heterocycles. The summed E-state index contributed by atoms with van der Waals surface area (Å²) in [6.07, 6.45) is 2.21. The monoisotopic (exact) mass is 283 g/mol. The Kier molecular flexibility index (Phi) is 4.66. The molecule has 0 radical (unpaired) electrons. The number of halogens is 1. The van der Waals surface area contributed by atoms with E-state index in [2.05, 4.69) is 13.8 Å².